The predicted octanol–water partition coefficient (Wildman–Crippen LogP) is 2.54. The Balaban J connectivity index is 1.43. The summed E-state index contributed by atoms with van der Waals surface area (Å²) in [5, 5.41) is 3.99. The lowest BCUT2D eigenvalue weighted by Gasteiger charge is -2.14. The van der Waals surface area contributed by atoms with Gasteiger partial charge in [-0.2, -0.15) is 4.98 Å². The van der Waals surface area contributed by atoms with Crippen molar-refractivity contribution in [2.75, 3.05) is 6.54 Å². The fourth-order valence-electron chi connectivity index (χ4n) is 3.47. The SMILES string of the molecule is Cc1ccc(-c2noc(CCN3C(=O)[C@H]4CC=CC[C@H]4C3=O)n2)cc1. The second-order valence-electron chi connectivity index (χ2n) is 6.61. The zero-order valence-corrected chi connectivity index (χ0v) is 14.0. The lowest BCUT2D eigenvalue weighted by molar-refractivity contribution is -0.139. The van der Waals surface area contributed by atoms with Crippen LogP contribution in [0.3, 0.4) is 0 Å². The predicted molar refractivity (Wildman–Crippen MR) is 90.2 cm³/mol. The number of imide groups is 1. The molecule has 0 unspecified atom stereocenters. The molecule has 0 bridgehead atoms. The summed E-state index contributed by atoms with van der Waals surface area (Å²) in [6.07, 6.45) is 5.67. The lowest BCUT2D eigenvalue weighted by atomic mass is 9.85. The van der Waals surface area contributed by atoms with Crippen molar-refractivity contribution in [3.8, 4) is 11.4 Å². The van der Waals surface area contributed by atoms with Crippen molar-refractivity contribution in [2.24, 2.45) is 11.8 Å². The number of hydrogen-bond donors (Lipinski definition) is 0. The quantitative estimate of drug-likeness (QED) is 0.633. The molecule has 2 amide bonds. The van der Waals surface area contributed by atoms with Crippen molar-refractivity contribution < 1.29 is 14.1 Å². The van der Waals surface area contributed by atoms with Gasteiger partial charge in [0.2, 0.25) is 23.5 Å². The molecule has 2 aliphatic rings. The maximum Gasteiger partial charge on any atom is 0.233 e. The van der Waals surface area contributed by atoms with Crippen LogP contribution in [-0.2, 0) is 16.0 Å². The number of likely N-dealkylation sites (tertiary alicyclic amines) is 1. The minimum absolute atomic E-state index is 0.0716. The molecule has 1 aromatic heterocycles. The van der Waals surface area contributed by atoms with Crippen LogP contribution in [0.2, 0.25) is 0 Å². The Morgan fingerprint density at radius 1 is 1.08 bits per heavy atom. The van der Waals surface area contributed by atoms with Crippen molar-refractivity contribution in [1.82, 2.24) is 15.0 Å². The molecule has 0 N–H and O–H groups in total. The second kappa shape index (κ2) is 6.27. The third-order valence-corrected chi connectivity index (χ3v) is 4.93. The van der Waals surface area contributed by atoms with Crippen LogP contribution in [0.1, 0.15) is 24.3 Å². The summed E-state index contributed by atoms with van der Waals surface area (Å²) >= 11 is 0. The van der Waals surface area contributed by atoms with Crippen LogP contribution in [0.5, 0.6) is 0 Å². The molecule has 0 saturated carbocycles. The molecular formula is C19H19N3O3. The number of amides is 2. The summed E-state index contributed by atoms with van der Waals surface area (Å²) in [5.41, 5.74) is 2.04. The van der Waals surface area contributed by atoms with Crippen molar-refractivity contribution >= 4 is 11.8 Å². The van der Waals surface area contributed by atoms with E-state index < -0.39 is 0 Å². The van der Waals surface area contributed by atoms with Crippen molar-refractivity contribution in [1.29, 1.82) is 0 Å². The van der Waals surface area contributed by atoms with E-state index in [1.165, 1.54) is 4.90 Å². The summed E-state index contributed by atoms with van der Waals surface area (Å²) in [4.78, 5) is 30.6. The fraction of sp³-hybridized carbons (Fsp3) is 0.368. The summed E-state index contributed by atoms with van der Waals surface area (Å²) in [6.45, 7) is 2.31. The Labute approximate surface area is 145 Å². The maximum atomic E-state index is 12.4. The number of aromatic nitrogens is 2. The van der Waals surface area contributed by atoms with Crippen molar-refractivity contribution in [3.05, 3.63) is 47.9 Å². The highest BCUT2D eigenvalue weighted by molar-refractivity contribution is 6.05. The molecule has 2 heterocycles. The van der Waals surface area contributed by atoms with Gasteiger partial charge in [-0.3, -0.25) is 14.5 Å². The molecule has 0 radical (unpaired) electrons. The molecule has 0 spiro atoms. The van der Waals surface area contributed by atoms with Gasteiger partial charge in [-0.25, -0.2) is 0 Å². The summed E-state index contributed by atoms with van der Waals surface area (Å²) < 4.78 is 5.28. The van der Waals surface area contributed by atoms with E-state index in [0.717, 1.165) is 11.1 Å². The van der Waals surface area contributed by atoms with Gasteiger partial charge in [-0.15, -0.1) is 0 Å². The minimum Gasteiger partial charge on any atom is -0.339 e. The van der Waals surface area contributed by atoms with E-state index in [1.54, 1.807) is 0 Å². The number of aryl methyl sites for hydroxylation is 1. The lowest BCUT2D eigenvalue weighted by Crippen LogP contribution is -2.33. The average Bonchev–Trinajstić information content (AvgIpc) is 3.19. The van der Waals surface area contributed by atoms with Gasteiger partial charge < -0.3 is 4.52 Å². The maximum absolute atomic E-state index is 12.4. The van der Waals surface area contributed by atoms with Gasteiger partial charge in [0.25, 0.3) is 0 Å². The Bertz CT molecular complexity index is 812. The first kappa shape index (κ1) is 15.7. The van der Waals surface area contributed by atoms with Crippen LogP contribution < -0.4 is 0 Å². The Morgan fingerprint density at radius 3 is 2.36 bits per heavy atom. The van der Waals surface area contributed by atoms with Gasteiger partial charge in [0.15, 0.2) is 0 Å². The number of fused-ring (bicyclic) bond motifs is 1. The van der Waals surface area contributed by atoms with Gasteiger partial charge in [0, 0.05) is 18.5 Å². The molecule has 6 nitrogen and oxygen atoms in total. The molecule has 6 heteroatoms. The minimum atomic E-state index is -0.191. The van der Waals surface area contributed by atoms with E-state index in [2.05, 4.69) is 10.1 Å². The average molecular weight is 337 g/mol. The molecule has 1 aromatic carbocycles. The van der Waals surface area contributed by atoms with E-state index >= 15 is 0 Å². The van der Waals surface area contributed by atoms with E-state index in [1.807, 2.05) is 43.3 Å². The van der Waals surface area contributed by atoms with Crippen LogP contribution in [0.15, 0.2) is 40.9 Å². The highest BCUT2D eigenvalue weighted by atomic mass is 16.5. The van der Waals surface area contributed by atoms with E-state index in [4.69, 9.17) is 4.52 Å². The van der Waals surface area contributed by atoms with E-state index in [0.29, 0.717) is 37.5 Å². The summed E-state index contributed by atoms with van der Waals surface area (Å²) in [6, 6.07) is 7.86. The van der Waals surface area contributed by atoms with Gasteiger partial charge in [0.05, 0.1) is 11.8 Å². The molecule has 2 atom stereocenters. The van der Waals surface area contributed by atoms with Gasteiger partial charge in [-0.05, 0) is 19.8 Å². The molecule has 1 fully saturated rings. The Hall–Kier alpha value is -2.76. The monoisotopic (exact) mass is 337 g/mol. The van der Waals surface area contributed by atoms with Crippen LogP contribution in [0.25, 0.3) is 11.4 Å². The standard InChI is InChI=1S/C19H19N3O3/c1-12-6-8-13(9-7-12)17-20-16(25-21-17)10-11-22-18(23)14-4-2-3-5-15(14)19(22)24/h2-3,6-9,14-15H,4-5,10-11H2,1H3/t14-,15+. The van der Waals surface area contributed by atoms with Gasteiger partial charge in [0.1, 0.15) is 0 Å². The van der Waals surface area contributed by atoms with Crippen molar-refractivity contribution in [2.45, 2.75) is 26.2 Å². The first-order valence-corrected chi connectivity index (χ1v) is 8.53. The Kier molecular flexibility index (Phi) is 3.95. The smallest absolute Gasteiger partial charge is 0.233 e. The highest BCUT2D eigenvalue weighted by Crippen LogP contribution is 2.35. The number of nitrogens with zero attached hydrogens (tertiary/aromatic N) is 3. The fourth-order valence-corrected chi connectivity index (χ4v) is 3.47. The number of benzene rings is 1. The van der Waals surface area contributed by atoms with E-state index in [9.17, 15) is 9.59 Å². The first-order chi connectivity index (χ1) is 12.1. The molecule has 1 aliphatic carbocycles. The molecule has 4 rings (SSSR count). The largest absolute Gasteiger partial charge is 0.339 e. The van der Waals surface area contributed by atoms with Gasteiger partial charge in [-0.1, -0.05) is 47.1 Å². The van der Waals surface area contributed by atoms with Crippen molar-refractivity contribution in [3.63, 3.8) is 0 Å². The third kappa shape index (κ3) is 2.88. The zero-order chi connectivity index (χ0) is 17.4. The number of carbonyl (C=O) groups is 2. The molecule has 128 valence electrons. The topological polar surface area (TPSA) is 76.3 Å². The highest BCUT2D eigenvalue weighted by Gasteiger charge is 2.46. The van der Waals surface area contributed by atoms with Gasteiger partial charge >= 0.3 is 0 Å². The molecule has 1 aliphatic heterocycles. The molecule has 1 saturated heterocycles. The summed E-state index contributed by atoms with van der Waals surface area (Å²) in [5.74, 6) is 0.429. The number of rotatable bonds is 4. The normalized spacial score (nSPS) is 22.5. The second-order valence-corrected chi connectivity index (χ2v) is 6.61. The van der Waals surface area contributed by atoms with E-state index in [-0.39, 0.29) is 23.7 Å². The number of allylic oxidation sites excluding steroid dienone is 2. The molecular weight excluding hydrogens is 318 g/mol. The number of carbonyl (C=O) groups excluding carboxylic acids is 2. The summed E-state index contributed by atoms with van der Waals surface area (Å²) in [7, 11) is 0. The first-order valence-electron chi connectivity index (χ1n) is 8.53. The zero-order valence-electron chi connectivity index (χ0n) is 14.0. The number of hydrogen-bond acceptors (Lipinski definition) is 5. The van der Waals surface area contributed by atoms with Crippen LogP contribution in [-0.4, -0.2) is 33.4 Å². The van der Waals surface area contributed by atoms with Crippen LogP contribution in [0, 0.1) is 18.8 Å². The molecule has 25 heavy (non-hydrogen) atoms. The Morgan fingerprint density at radius 2 is 1.72 bits per heavy atom. The van der Waals surface area contributed by atoms with Crippen LogP contribution >= 0.6 is 0 Å². The third-order valence-electron chi connectivity index (χ3n) is 4.93. The molecule has 2 aromatic rings. The van der Waals surface area contributed by atoms with Crippen LogP contribution in [0.4, 0.5) is 0 Å².